The number of hydrogen-bond acceptors (Lipinski definition) is 5. The Morgan fingerprint density at radius 2 is 1.71 bits per heavy atom. The molecule has 0 spiro atoms. The number of amides is 1. The van der Waals surface area contributed by atoms with Crippen LogP contribution in [-0.4, -0.2) is 30.8 Å². The van der Waals surface area contributed by atoms with Gasteiger partial charge in [-0.15, -0.1) is 11.8 Å². The molecule has 0 saturated carbocycles. The summed E-state index contributed by atoms with van der Waals surface area (Å²) in [6.07, 6.45) is -0.203. The molecule has 0 aromatic heterocycles. The van der Waals surface area contributed by atoms with Crippen LogP contribution in [0, 0.1) is 5.82 Å². The Kier molecular flexibility index (Phi) is 8.32. The lowest BCUT2D eigenvalue weighted by atomic mass is 10.0. The van der Waals surface area contributed by atoms with Gasteiger partial charge in [-0.1, -0.05) is 12.1 Å². The zero-order chi connectivity index (χ0) is 20.5. The van der Waals surface area contributed by atoms with Gasteiger partial charge in [0.2, 0.25) is 5.91 Å². The molecule has 2 aromatic rings. The van der Waals surface area contributed by atoms with Gasteiger partial charge in [0.05, 0.1) is 31.4 Å². The standard InChI is InChI=1S/C21H24FNO4S/c1-14(2)27-21(25)12-19(15-4-8-17(26-3)9-5-15)23-20(24)13-28-18-10-6-16(22)7-11-18/h4-11,14,19H,12-13H2,1-3H3,(H,23,24). The Morgan fingerprint density at radius 3 is 2.29 bits per heavy atom. The van der Waals surface area contributed by atoms with Crippen LogP contribution in [0.4, 0.5) is 4.39 Å². The lowest BCUT2D eigenvalue weighted by Crippen LogP contribution is -2.32. The number of ether oxygens (including phenoxy) is 2. The average molecular weight is 405 g/mol. The third-order valence-electron chi connectivity index (χ3n) is 3.77. The zero-order valence-electron chi connectivity index (χ0n) is 16.1. The summed E-state index contributed by atoms with van der Waals surface area (Å²) in [5.74, 6) is -0.102. The number of benzene rings is 2. The van der Waals surface area contributed by atoms with E-state index in [1.807, 2.05) is 0 Å². The van der Waals surface area contributed by atoms with E-state index < -0.39 is 6.04 Å². The second-order valence-corrected chi connectivity index (χ2v) is 7.43. The van der Waals surface area contributed by atoms with E-state index in [9.17, 15) is 14.0 Å². The SMILES string of the molecule is COc1ccc(C(CC(=O)OC(C)C)NC(=O)CSc2ccc(F)cc2)cc1. The average Bonchev–Trinajstić information content (AvgIpc) is 2.66. The molecule has 1 unspecified atom stereocenters. The van der Waals surface area contributed by atoms with E-state index in [0.717, 1.165) is 10.5 Å². The van der Waals surface area contributed by atoms with Gasteiger partial charge >= 0.3 is 5.97 Å². The van der Waals surface area contributed by atoms with Gasteiger partial charge in [-0.25, -0.2) is 4.39 Å². The van der Waals surface area contributed by atoms with Crippen molar-refractivity contribution in [2.75, 3.05) is 12.9 Å². The molecule has 0 heterocycles. The number of carbonyl (C=O) groups excluding carboxylic acids is 2. The van der Waals surface area contributed by atoms with Gasteiger partial charge in [0.25, 0.3) is 0 Å². The van der Waals surface area contributed by atoms with E-state index >= 15 is 0 Å². The number of rotatable bonds is 9. The number of hydrogen-bond donors (Lipinski definition) is 1. The number of nitrogens with one attached hydrogen (secondary N) is 1. The molecule has 28 heavy (non-hydrogen) atoms. The minimum atomic E-state index is -0.515. The molecule has 0 fully saturated rings. The van der Waals surface area contributed by atoms with Crippen molar-refractivity contribution in [1.82, 2.24) is 5.32 Å². The van der Waals surface area contributed by atoms with E-state index in [1.54, 1.807) is 57.4 Å². The first-order chi connectivity index (χ1) is 13.4. The summed E-state index contributed by atoms with van der Waals surface area (Å²) in [6.45, 7) is 3.55. The molecule has 150 valence electrons. The van der Waals surface area contributed by atoms with Gasteiger partial charge in [-0.2, -0.15) is 0 Å². The highest BCUT2D eigenvalue weighted by molar-refractivity contribution is 8.00. The van der Waals surface area contributed by atoms with E-state index in [4.69, 9.17) is 9.47 Å². The van der Waals surface area contributed by atoms with Crippen molar-refractivity contribution < 1.29 is 23.5 Å². The third-order valence-corrected chi connectivity index (χ3v) is 4.79. The Balaban J connectivity index is 2.03. The number of methoxy groups -OCH3 is 1. The molecule has 5 nitrogen and oxygen atoms in total. The van der Waals surface area contributed by atoms with Crippen molar-refractivity contribution in [3.05, 3.63) is 59.9 Å². The van der Waals surface area contributed by atoms with Crippen LogP contribution in [0.5, 0.6) is 5.75 Å². The first-order valence-electron chi connectivity index (χ1n) is 8.88. The minimum absolute atomic E-state index is 0.0253. The molecule has 7 heteroatoms. The Labute approximate surface area is 168 Å². The molecule has 2 aromatic carbocycles. The Morgan fingerprint density at radius 1 is 1.07 bits per heavy atom. The fraction of sp³-hybridized carbons (Fsp3) is 0.333. The van der Waals surface area contributed by atoms with Crippen molar-refractivity contribution in [3.63, 3.8) is 0 Å². The van der Waals surface area contributed by atoms with Crippen molar-refractivity contribution in [3.8, 4) is 5.75 Å². The molecule has 0 aliphatic carbocycles. The van der Waals surface area contributed by atoms with Crippen molar-refractivity contribution in [1.29, 1.82) is 0 Å². The van der Waals surface area contributed by atoms with Crippen molar-refractivity contribution in [2.45, 2.75) is 37.3 Å². The Hall–Kier alpha value is -2.54. The van der Waals surface area contributed by atoms with Gasteiger partial charge in [0.1, 0.15) is 11.6 Å². The highest BCUT2D eigenvalue weighted by atomic mass is 32.2. The first kappa shape index (κ1) is 21.8. The highest BCUT2D eigenvalue weighted by Gasteiger charge is 2.20. The monoisotopic (exact) mass is 405 g/mol. The summed E-state index contributed by atoms with van der Waals surface area (Å²) < 4.78 is 23.3. The molecule has 0 radical (unpaired) electrons. The van der Waals surface area contributed by atoms with Crippen molar-refractivity contribution in [2.24, 2.45) is 0 Å². The van der Waals surface area contributed by atoms with Gasteiger partial charge in [-0.05, 0) is 55.8 Å². The largest absolute Gasteiger partial charge is 0.497 e. The second-order valence-electron chi connectivity index (χ2n) is 6.38. The number of esters is 1. The molecule has 0 bridgehead atoms. The van der Waals surface area contributed by atoms with Gasteiger partial charge in [0, 0.05) is 4.90 Å². The number of carbonyl (C=O) groups is 2. The van der Waals surface area contributed by atoms with E-state index in [1.165, 1.54) is 23.9 Å². The van der Waals surface area contributed by atoms with Crippen LogP contribution in [0.1, 0.15) is 31.9 Å². The molecular weight excluding hydrogens is 381 g/mol. The van der Waals surface area contributed by atoms with Gasteiger partial charge < -0.3 is 14.8 Å². The highest BCUT2D eigenvalue weighted by Crippen LogP contribution is 2.23. The van der Waals surface area contributed by atoms with Crippen LogP contribution in [0.2, 0.25) is 0 Å². The summed E-state index contributed by atoms with van der Waals surface area (Å²) in [4.78, 5) is 25.3. The molecule has 1 amide bonds. The smallest absolute Gasteiger partial charge is 0.308 e. The van der Waals surface area contributed by atoms with Crippen LogP contribution in [-0.2, 0) is 14.3 Å². The molecule has 0 aliphatic heterocycles. The van der Waals surface area contributed by atoms with E-state index in [0.29, 0.717) is 5.75 Å². The quantitative estimate of drug-likeness (QED) is 0.502. The predicted octanol–water partition coefficient (Wildman–Crippen LogP) is 4.13. The summed E-state index contributed by atoms with van der Waals surface area (Å²) in [6, 6.07) is 12.6. The van der Waals surface area contributed by atoms with E-state index in [2.05, 4.69) is 5.32 Å². The molecular formula is C21H24FNO4S. The fourth-order valence-electron chi connectivity index (χ4n) is 2.48. The molecule has 1 N–H and O–H groups in total. The second kappa shape index (κ2) is 10.7. The summed E-state index contributed by atoms with van der Waals surface area (Å²) in [5, 5.41) is 2.88. The van der Waals surface area contributed by atoms with Crippen molar-refractivity contribution >= 4 is 23.6 Å². The van der Waals surface area contributed by atoms with Crippen LogP contribution in [0.25, 0.3) is 0 Å². The van der Waals surface area contributed by atoms with Gasteiger partial charge in [-0.3, -0.25) is 9.59 Å². The molecule has 1 atom stereocenters. The maximum Gasteiger partial charge on any atom is 0.308 e. The Bertz CT molecular complexity index is 778. The topological polar surface area (TPSA) is 64.6 Å². The summed E-state index contributed by atoms with van der Waals surface area (Å²) >= 11 is 1.30. The summed E-state index contributed by atoms with van der Waals surface area (Å²) in [5.41, 5.74) is 0.779. The van der Waals surface area contributed by atoms with Gasteiger partial charge in [0.15, 0.2) is 0 Å². The van der Waals surface area contributed by atoms with Crippen LogP contribution in [0.15, 0.2) is 53.4 Å². The number of halogens is 1. The summed E-state index contributed by atoms with van der Waals surface area (Å²) in [7, 11) is 1.57. The number of thioether (sulfide) groups is 1. The normalized spacial score (nSPS) is 11.8. The fourth-order valence-corrected chi connectivity index (χ4v) is 3.19. The first-order valence-corrected chi connectivity index (χ1v) is 9.87. The molecule has 0 aliphatic rings. The maximum atomic E-state index is 13.0. The maximum absolute atomic E-state index is 13.0. The lowest BCUT2D eigenvalue weighted by Gasteiger charge is -2.19. The minimum Gasteiger partial charge on any atom is -0.497 e. The zero-order valence-corrected chi connectivity index (χ0v) is 16.9. The van der Waals surface area contributed by atoms with Crippen LogP contribution < -0.4 is 10.1 Å². The predicted molar refractivity (Wildman–Crippen MR) is 107 cm³/mol. The van der Waals surface area contributed by atoms with Crippen LogP contribution >= 0.6 is 11.8 Å². The third kappa shape index (κ3) is 7.23. The van der Waals surface area contributed by atoms with E-state index in [-0.39, 0.29) is 36.0 Å². The molecule has 0 saturated heterocycles. The molecule has 2 rings (SSSR count). The lowest BCUT2D eigenvalue weighted by molar-refractivity contribution is -0.148. The van der Waals surface area contributed by atoms with Crippen LogP contribution in [0.3, 0.4) is 0 Å².